The first kappa shape index (κ1) is 21.1. The van der Waals surface area contributed by atoms with Crippen molar-refractivity contribution in [1.82, 2.24) is 9.97 Å². The summed E-state index contributed by atoms with van der Waals surface area (Å²) in [6.07, 6.45) is -0.0641. The summed E-state index contributed by atoms with van der Waals surface area (Å²) < 4.78 is 14.3. The molecule has 8 heteroatoms. The van der Waals surface area contributed by atoms with Gasteiger partial charge in [-0.1, -0.05) is 35.9 Å². The third kappa shape index (κ3) is 4.19. The zero-order chi connectivity index (χ0) is 22.1. The van der Waals surface area contributed by atoms with E-state index in [4.69, 9.17) is 11.6 Å². The lowest BCUT2D eigenvalue weighted by Crippen LogP contribution is -2.27. The first-order valence-corrected chi connectivity index (χ1v) is 10.7. The molecule has 5 nitrogen and oxygen atoms in total. The van der Waals surface area contributed by atoms with E-state index in [9.17, 15) is 18.8 Å². The number of nitrogens with zero attached hydrogens (tertiary/aromatic N) is 1. The molecule has 0 radical (unpaired) electrons. The van der Waals surface area contributed by atoms with Gasteiger partial charge in [-0.15, -0.1) is 11.3 Å². The summed E-state index contributed by atoms with van der Waals surface area (Å²) in [5.74, 6) is -2.52. The fraction of sp³-hybridized carbons (Fsp3) is 0.130. The van der Waals surface area contributed by atoms with E-state index >= 15 is 0 Å². The van der Waals surface area contributed by atoms with Gasteiger partial charge in [-0.25, -0.2) is 9.37 Å². The molecule has 2 aromatic carbocycles. The molecule has 0 amide bonds. The molecule has 31 heavy (non-hydrogen) atoms. The van der Waals surface area contributed by atoms with Crippen molar-refractivity contribution in [2.45, 2.75) is 13.3 Å². The van der Waals surface area contributed by atoms with E-state index in [0.29, 0.717) is 26.5 Å². The molecule has 156 valence electrons. The minimum atomic E-state index is -1.12. The van der Waals surface area contributed by atoms with Crippen LogP contribution in [0.4, 0.5) is 4.39 Å². The molecule has 2 heterocycles. The van der Waals surface area contributed by atoms with Crippen LogP contribution in [0, 0.1) is 18.7 Å². The van der Waals surface area contributed by atoms with Gasteiger partial charge in [-0.05, 0) is 37.1 Å². The SMILES string of the molecule is Cc1ncsc1C(=O)C(Cc1cc(=O)[nH]c2c(F)cccc12)C(=O)c1cccc(Cl)c1. The number of carbonyl (C=O) groups is 2. The van der Waals surface area contributed by atoms with Crippen LogP contribution in [0.2, 0.25) is 5.02 Å². The van der Waals surface area contributed by atoms with Crippen LogP contribution in [0.5, 0.6) is 0 Å². The minimum absolute atomic E-state index is 0.0420. The molecule has 0 fully saturated rings. The number of ketones is 2. The van der Waals surface area contributed by atoms with E-state index in [-0.39, 0.29) is 17.5 Å². The van der Waals surface area contributed by atoms with E-state index in [1.54, 1.807) is 36.7 Å². The minimum Gasteiger partial charge on any atom is -0.319 e. The third-order valence-electron chi connectivity index (χ3n) is 5.05. The van der Waals surface area contributed by atoms with Crippen LogP contribution in [0.3, 0.4) is 0 Å². The molecule has 1 N–H and O–H groups in total. The zero-order valence-electron chi connectivity index (χ0n) is 16.3. The number of aromatic amines is 1. The molecule has 0 aliphatic rings. The second kappa shape index (κ2) is 8.53. The van der Waals surface area contributed by atoms with E-state index in [2.05, 4.69) is 9.97 Å². The lowest BCUT2D eigenvalue weighted by Gasteiger charge is -2.16. The Balaban J connectivity index is 1.84. The average molecular weight is 455 g/mol. The monoisotopic (exact) mass is 454 g/mol. The topological polar surface area (TPSA) is 79.9 Å². The van der Waals surface area contributed by atoms with Gasteiger partial charge in [0, 0.05) is 22.0 Å². The number of fused-ring (bicyclic) bond motifs is 1. The lowest BCUT2D eigenvalue weighted by atomic mass is 9.86. The molecule has 0 bridgehead atoms. The van der Waals surface area contributed by atoms with E-state index < -0.39 is 28.9 Å². The molecule has 0 saturated heterocycles. The van der Waals surface area contributed by atoms with Crippen LogP contribution in [0.15, 0.2) is 58.8 Å². The molecule has 4 aromatic rings. The highest BCUT2D eigenvalue weighted by Crippen LogP contribution is 2.27. The quantitative estimate of drug-likeness (QED) is 0.328. The Kier molecular flexibility index (Phi) is 5.80. The van der Waals surface area contributed by atoms with Gasteiger partial charge in [0.05, 0.1) is 27.5 Å². The number of thiazole rings is 1. The van der Waals surface area contributed by atoms with Crippen LogP contribution in [-0.4, -0.2) is 21.5 Å². The van der Waals surface area contributed by atoms with Gasteiger partial charge in [0.25, 0.3) is 0 Å². The number of hydrogen-bond donors (Lipinski definition) is 1. The van der Waals surface area contributed by atoms with Gasteiger partial charge in [0.1, 0.15) is 5.82 Å². The molecule has 0 aliphatic heterocycles. The number of Topliss-reactive ketones (excluding diaryl/α,β-unsaturated/α-hetero) is 2. The molecular weight excluding hydrogens is 439 g/mol. The van der Waals surface area contributed by atoms with Crippen molar-refractivity contribution in [3.05, 3.63) is 96.9 Å². The van der Waals surface area contributed by atoms with Crippen molar-refractivity contribution in [2.75, 3.05) is 0 Å². The first-order valence-electron chi connectivity index (χ1n) is 9.39. The van der Waals surface area contributed by atoms with Gasteiger partial charge < -0.3 is 4.98 Å². The summed E-state index contributed by atoms with van der Waals surface area (Å²) in [6, 6.07) is 12.1. The third-order valence-corrected chi connectivity index (χ3v) is 6.23. The van der Waals surface area contributed by atoms with Crippen LogP contribution in [-0.2, 0) is 6.42 Å². The Morgan fingerprint density at radius 3 is 2.65 bits per heavy atom. The smallest absolute Gasteiger partial charge is 0.248 e. The Labute approximate surface area is 185 Å². The van der Waals surface area contributed by atoms with Crippen LogP contribution in [0.1, 0.15) is 31.3 Å². The normalized spacial score (nSPS) is 12.1. The van der Waals surface area contributed by atoms with E-state index in [1.165, 1.54) is 24.3 Å². The van der Waals surface area contributed by atoms with Crippen molar-refractivity contribution in [3.8, 4) is 0 Å². The number of halogens is 2. The number of para-hydroxylation sites is 1. The standard InChI is InChI=1S/C23H16ClFN2O3S/c1-12-23(31-11-26-12)22(30)17(21(29)13-4-2-5-15(24)8-13)9-14-10-19(28)27-20-16(14)6-3-7-18(20)25/h2-8,10-11,17H,9H2,1H3,(H,27,28). The largest absolute Gasteiger partial charge is 0.319 e. The van der Waals surface area contributed by atoms with Crippen molar-refractivity contribution in [1.29, 1.82) is 0 Å². The van der Waals surface area contributed by atoms with E-state index in [0.717, 1.165) is 11.3 Å². The summed E-state index contributed by atoms with van der Waals surface area (Å²) in [5, 5.41) is 0.812. The Morgan fingerprint density at radius 1 is 1.16 bits per heavy atom. The van der Waals surface area contributed by atoms with Gasteiger partial charge >= 0.3 is 0 Å². The molecule has 1 atom stereocenters. The second-order valence-corrected chi connectivity index (χ2v) is 8.37. The summed E-state index contributed by atoms with van der Waals surface area (Å²) in [7, 11) is 0. The Morgan fingerprint density at radius 2 is 1.94 bits per heavy atom. The highest BCUT2D eigenvalue weighted by molar-refractivity contribution is 7.12. The molecule has 4 rings (SSSR count). The summed E-state index contributed by atoms with van der Waals surface area (Å²) >= 11 is 7.20. The highest BCUT2D eigenvalue weighted by atomic mass is 35.5. The summed E-state index contributed by atoms with van der Waals surface area (Å²) in [5.41, 5.74) is 2.30. The molecule has 2 aromatic heterocycles. The van der Waals surface area contributed by atoms with Crippen molar-refractivity contribution >= 4 is 45.4 Å². The average Bonchev–Trinajstić information content (AvgIpc) is 3.17. The van der Waals surface area contributed by atoms with Gasteiger partial charge in [-0.2, -0.15) is 0 Å². The molecular formula is C23H16ClFN2O3S. The zero-order valence-corrected chi connectivity index (χ0v) is 17.9. The van der Waals surface area contributed by atoms with Crippen LogP contribution in [0.25, 0.3) is 10.9 Å². The number of hydrogen-bond acceptors (Lipinski definition) is 5. The molecule has 0 aliphatic carbocycles. The maximum Gasteiger partial charge on any atom is 0.248 e. The lowest BCUT2D eigenvalue weighted by molar-refractivity contribution is 0.0809. The fourth-order valence-corrected chi connectivity index (χ4v) is 4.54. The van der Waals surface area contributed by atoms with Crippen molar-refractivity contribution < 1.29 is 14.0 Å². The number of rotatable bonds is 6. The van der Waals surface area contributed by atoms with Gasteiger partial charge in [0.2, 0.25) is 5.56 Å². The Bertz CT molecular complexity index is 1380. The predicted octanol–water partition coefficient (Wildman–Crippen LogP) is 5.01. The van der Waals surface area contributed by atoms with Crippen molar-refractivity contribution in [2.24, 2.45) is 5.92 Å². The Hall–Kier alpha value is -3.16. The van der Waals surface area contributed by atoms with E-state index in [1.807, 2.05) is 0 Å². The maximum atomic E-state index is 14.3. The maximum absolute atomic E-state index is 14.3. The number of aromatic nitrogens is 2. The molecule has 1 unspecified atom stereocenters. The summed E-state index contributed by atoms with van der Waals surface area (Å²) in [6.45, 7) is 1.70. The van der Waals surface area contributed by atoms with Gasteiger partial charge in [0.15, 0.2) is 11.6 Å². The highest BCUT2D eigenvalue weighted by Gasteiger charge is 2.31. The number of benzene rings is 2. The van der Waals surface area contributed by atoms with Gasteiger partial charge in [-0.3, -0.25) is 14.4 Å². The number of pyridine rings is 1. The van der Waals surface area contributed by atoms with Crippen molar-refractivity contribution in [3.63, 3.8) is 0 Å². The number of carbonyl (C=O) groups excluding carboxylic acids is 2. The fourth-order valence-electron chi connectivity index (χ4n) is 3.55. The predicted molar refractivity (Wildman–Crippen MR) is 119 cm³/mol. The molecule has 0 saturated carbocycles. The second-order valence-electron chi connectivity index (χ2n) is 7.08. The van der Waals surface area contributed by atoms with Crippen LogP contribution < -0.4 is 5.56 Å². The first-order chi connectivity index (χ1) is 14.8. The number of aryl methyl sites for hydroxylation is 1. The number of nitrogens with one attached hydrogen (secondary N) is 1. The van der Waals surface area contributed by atoms with Crippen LogP contribution >= 0.6 is 22.9 Å². The summed E-state index contributed by atoms with van der Waals surface area (Å²) in [4.78, 5) is 45.9. The molecule has 0 spiro atoms. The number of H-pyrrole nitrogens is 1.